The molecule has 232 valence electrons. The van der Waals surface area contributed by atoms with E-state index >= 15 is 0 Å². The summed E-state index contributed by atoms with van der Waals surface area (Å²) < 4.78 is 66.4. The molecular weight excluding hydrogens is 578 g/mol. The van der Waals surface area contributed by atoms with E-state index in [-0.39, 0.29) is 38.3 Å². The zero-order valence-corrected chi connectivity index (χ0v) is 26.4. The molecule has 0 radical (unpaired) electrons. The molecule has 1 aliphatic carbocycles. The molecular formula is C25H42N4O10P2. The minimum atomic E-state index is -4.10. The molecule has 1 aromatic rings. The molecule has 1 saturated carbocycles. The van der Waals surface area contributed by atoms with Crippen molar-refractivity contribution in [1.29, 1.82) is 5.26 Å². The maximum absolute atomic E-state index is 14.6. The Kier molecular flexibility index (Phi) is 11.7. The van der Waals surface area contributed by atoms with E-state index in [0.717, 1.165) is 4.57 Å². The molecule has 41 heavy (non-hydrogen) atoms. The van der Waals surface area contributed by atoms with Crippen LogP contribution in [0.5, 0.6) is 0 Å². The van der Waals surface area contributed by atoms with Crippen molar-refractivity contribution < 1.29 is 36.7 Å². The highest BCUT2D eigenvalue weighted by Gasteiger charge is 2.64. The van der Waals surface area contributed by atoms with Crippen LogP contribution in [0.4, 0.5) is 0 Å². The maximum Gasteiger partial charge on any atom is 0.409 e. The average Bonchev–Trinajstić information content (AvgIpc) is 3.61. The molecule has 2 fully saturated rings. The number of aromatic amines is 1. The predicted molar refractivity (Wildman–Crippen MR) is 150 cm³/mol. The quantitative estimate of drug-likeness (QED) is 0.210. The van der Waals surface area contributed by atoms with Gasteiger partial charge >= 0.3 is 21.0 Å². The molecule has 0 bridgehead atoms. The Labute approximate surface area is 240 Å². The van der Waals surface area contributed by atoms with Crippen LogP contribution in [0.25, 0.3) is 0 Å². The Balaban J connectivity index is 2.08. The van der Waals surface area contributed by atoms with E-state index in [1.54, 1.807) is 18.5 Å². The SMILES string of the molecule is CCOP(=O)(OCC)C1CC1[C@H]1O[C@@H](n2ccc(=O)[nH]c2=O)[C@H](OC)[C@@H]1OP(=O)(OCCC#N)N(C(C)C)C(C)C. The second kappa shape index (κ2) is 14.2. The van der Waals surface area contributed by atoms with Crippen molar-refractivity contribution in [3.05, 3.63) is 33.1 Å². The van der Waals surface area contributed by atoms with Gasteiger partial charge in [0.15, 0.2) is 6.23 Å². The summed E-state index contributed by atoms with van der Waals surface area (Å²) in [6.45, 7) is 11.1. The number of hydrogen-bond donors (Lipinski definition) is 1. The van der Waals surface area contributed by atoms with Gasteiger partial charge in [-0.3, -0.25) is 28.0 Å². The number of ether oxygens (including phenoxy) is 2. The van der Waals surface area contributed by atoms with Crippen LogP contribution in [0.15, 0.2) is 21.9 Å². The van der Waals surface area contributed by atoms with Crippen molar-refractivity contribution in [3.8, 4) is 6.07 Å². The van der Waals surface area contributed by atoms with E-state index in [9.17, 15) is 18.7 Å². The van der Waals surface area contributed by atoms with Gasteiger partial charge in [-0.1, -0.05) is 0 Å². The Morgan fingerprint density at radius 1 is 1.12 bits per heavy atom. The summed E-state index contributed by atoms with van der Waals surface area (Å²) >= 11 is 0. The minimum Gasteiger partial charge on any atom is -0.374 e. The maximum atomic E-state index is 14.6. The van der Waals surface area contributed by atoms with E-state index in [4.69, 9.17) is 32.8 Å². The molecule has 2 aliphatic rings. The lowest BCUT2D eigenvalue weighted by Gasteiger charge is -2.38. The molecule has 7 atom stereocenters. The van der Waals surface area contributed by atoms with E-state index in [1.807, 2.05) is 33.8 Å². The molecule has 1 aromatic heterocycles. The number of rotatable bonds is 16. The van der Waals surface area contributed by atoms with Gasteiger partial charge in [0.2, 0.25) is 0 Å². The van der Waals surface area contributed by atoms with E-state index in [0.29, 0.717) is 6.42 Å². The van der Waals surface area contributed by atoms with Gasteiger partial charge < -0.3 is 18.5 Å². The van der Waals surface area contributed by atoms with Gasteiger partial charge in [-0.15, -0.1) is 0 Å². The van der Waals surface area contributed by atoms with Gasteiger partial charge in [0.25, 0.3) is 5.56 Å². The van der Waals surface area contributed by atoms with Crippen molar-refractivity contribution in [2.24, 2.45) is 5.92 Å². The van der Waals surface area contributed by atoms with Crippen LogP contribution in [-0.2, 0) is 36.7 Å². The fourth-order valence-corrected chi connectivity index (χ4v) is 10.0. The Morgan fingerprint density at radius 3 is 2.27 bits per heavy atom. The summed E-state index contributed by atoms with van der Waals surface area (Å²) in [6.07, 6.45) is -2.33. The van der Waals surface area contributed by atoms with Gasteiger partial charge in [0, 0.05) is 37.4 Å². The van der Waals surface area contributed by atoms with Crippen LogP contribution >= 0.6 is 15.3 Å². The molecule has 16 heteroatoms. The average molecular weight is 621 g/mol. The lowest BCUT2D eigenvalue weighted by molar-refractivity contribution is -0.0572. The van der Waals surface area contributed by atoms with E-state index in [2.05, 4.69) is 4.98 Å². The Bertz CT molecular complexity index is 1260. The monoisotopic (exact) mass is 620 g/mol. The van der Waals surface area contributed by atoms with Crippen molar-refractivity contribution >= 4 is 15.3 Å². The van der Waals surface area contributed by atoms with Crippen LogP contribution in [0, 0.1) is 17.2 Å². The normalized spacial score (nSPS) is 27.8. The largest absolute Gasteiger partial charge is 0.409 e. The fourth-order valence-electron chi connectivity index (χ4n) is 5.41. The van der Waals surface area contributed by atoms with Gasteiger partial charge in [-0.2, -0.15) is 5.26 Å². The third-order valence-electron chi connectivity index (χ3n) is 6.94. The fraction of sp³-hybridized carbons (Fsp3) is 0.800. The highest BCUT2D eigenvalue weighted by Crippen LogP contribution is 2.68. The second-order valence-corrected chi connectivity index (χ2v) is 14.5. The molecule has 0 aromatic carbocycles. The number of aromatic nitrogens is 2. The summed E-state index contributed by atoms with van der Waals surface area (Å²) in [5.41, 5.74) is -1.84. The minimum absolute atomic E-state index is 0.0122. The second-order valence-electron chi connectivity index (χ2n) is 10.4. The van der Waals surface area contributed by atoms with Gasteiger partial charge in [-0.05, 0) is 48.0 Å². The first-order valence-electron chi connectivity index (χ1n) is 13.8. The number of nitrogens with one attached hydrogen (secondary N) is 1. The summed E-state index contributed by atoms with van der Waals surface area (Å²) in [4.78, 5) is 26.7. The van der Waals surface area contributed by atoms with Crippen molar-refractivity contribution in [2.75, 3.05) is 26.9 Å². The molecule has 1 aliphatic heterocycles. The van der Waals surface area contributed by atoms with Crippen LogP contribution in [-0.4, -0.2) is 77.2 Å². The molecule has 0 amide bonds. The number of nitriles is 1. The van der Waals surface area contributed by atoms with Gasteiger partial charge in [0.05, 0.1) is 44.1 Å². The standard InChI is InChI=1S/C25H42N4O10P2/c1-8-35-40(32,36-9-2)19-15-18(19)21-22(23(34-7)24(38-21)28-13-11-20(30)27-25(28)31)39-41(33,37-14-10-12-26)29(16(3)4)17(5)6/h11,13,16-19,21-24H,8-10,14-15H2,1-7H3,(H,27,30,31)/t18?,19?,21-,22-,23-,24-,41?/m1/s1. The van der Waals surface area contributed by atoms with Gasteiger partial charge in [-0.25, -0.2) is 14.0 Å². The Morgan fingerprint density at radius 2 is 1.76 bits per heavy atom. The highest BCUT2D eigenvalue weighted by molar-refractivity contribution is 7.55. The lowest BCUT2D eigenvalue weighted by Crippen LogP contribution is -2.42. The molecule has 1 N–H and O–H groups in total. The summed E-state index contributed by atoms with van der Waals surface area (Å²) in [7, 11) is -6.21. The molecule has 1 saturated heterocycles. The van der Waals surface area contributed by atoms with Crippen molar-refractivity contribution in [1.82, 2.24) is 14.2 Å². The number of H-pyrrole nitrogens is 1. The zero-order valence-electron chi connectivity index (χ0n) is 24.6. The van der Waals surface area contributed by atoms with Crippen LogP contribution in [0.2, 0.25) is 0 Å². The molecule has 2 heterocycles. The third-order valence-corrected chi connectivity index (χ3v) is 12.1. The van der Waals surface area contributed by atoms with Crippen LogP contribution in [0.1, 0.15) is 60.6 Å². The predicted octanol–water partition coefficient (Wildman–Crippen LogP) is 3.65. The first-order valence-corrected chi connectivity index (χ1v) is 16.9. The number of hydrogen-bond acceptors (Lipinski definition) is 11. The third kappa shape index (κ3) is 7.47. The highest BCUT2D eigenvalue weighted by atomic mass is 31.2. The van der Waals surface area contributed by atoms with Crippen LogP contribution < -0.4 is 11.2 Å². The molecule has 14 nitrogen and oxygen atoms in total. The Hall–Kier alpha value is -1.65. The zero-order chi connectivity index (χ0) is 30.5. The topological polar surface area (TPSA) is 171 Å². The molecule has 3 rings (SSSR count). The summed E-state index contributed by atoms with van der Waals surface area (Å²) in [6, 6.07) is 2.61. The van der Waals surface area contributed by atoms with Crippen molar-refractivity contribution in [3.63, 3.8) is 0 Å². The number of methoxy groups -OCH3 is 1. The first-order chi connectivity index (χ1) is 19.4. The summed E-state index contributed by atoms with van der Waals surface area (Å²) in [5.74, 6) is -0.413. The van der Waals surface area contributed by atoms with Gasteiger partial charge in [0.1, 0.15) is 12.2 Å². The van der Waals surface area contributed by atoms with E-state index < -0.39 is 62.7 Å². The smallest absolute Gasteiger partial charge is 0.374 e. The molecule has 0 spiro atoms. The molecule has 3 unspecified atom stereocenters. The first kappa shape index (κ1) is 33.8. The summed E-state index contributed by atoms with van der Waals surface area (Å²) in [5, 5.41) is 9.08. The van der Waals surface area contributed by atoms with Crippen LogP contribution in [0.3, 0.4) is 0 Å². The van der Waals surface area contributed by atoms with E-state index in [1.165, 1.54) is 19.4 Å². The lowest BCUT2D eigenvalue weighted by atomic mass is 10.1. The number of nitrogens with zero attached hydrogens (tertiary/aromatic N) is 3. The van der Waals surface area contributed by atoms with Crippen molar-refractivity contribution in [2.45, 2.75) is 96.7 Å².